The number of nitrogen functional groups attached to an aromatic ring is 1. The number of hydrogen-bond acceptors (Lipinski definition) is 5. The number of para-hydroxylation sites is 1. The molecule has 0 radical (unpaired) electrons. The molecule has 0 heterocycles. The van der Waals surface area contributed by atoms with Gasteiger partial charge in [0.05, 0.1) is 18.4 Å². The number of amides is 1. The van der Waals surface area contributed by atoms with Crippen molar-refractivity contribution in [3.05, 3.63) is 23.8 Å². The molecule has 0 aliphatic rings. The number of anilines is 1. The van der Waals surface area contributed by atoms with Crippen molar-refractivity contribution in [1.29, 1.82) is 0 Å². The Hall–Kier alpha value is -1.40. The average molecular weight is 284 g/mol. The highest BCUT2D eigenvalue weighted by molar-refractivity contribution is 7.99. The van der Waals surface area contributed by atoms with Crippen molar-refractivity contribution in [3.8, 4) is 5.75 Å². The summed E-state index contributed by atoms with van der Waals surface area (Å²) in [6, 6.07) is 5.13. The summed E-state index contributed by atoms with van der Waals surface area (Å²) in [5.41, 5.74) is 6.63. The zero-order valence-electron chi connectivity index (χ0n) is 11.0. The van der Waals surface area contributed by atoms with E-state index in [1.165, 1.54) is 7.11 Å². The maximum atomic E-state index is 11.9. The molecule has 0 aliphatic heterocycles. The normalized spacial score (nSPS) is 10.2. The number of rotatable bonds is 8. The van der Waals surface area contributed by atoms with E-state index in [-0.39, 0.29) is 12.5 Å². The van der Waals surface area contributed by atoms with E-state index in [1.54, 1.807) is 30.0 Å². The fourth-order valence-electron chi connectivity index (χ4n) is 1.52. The molecule has 19 heavy (non-hydrogen) atoms. The average Bonchev–Trinajstić information content (AvgIpc) is 2.42. The predicted molar refractivity (Wildman–Crippen MR) is 78.8 cm³/mol. The number of carbonyl (C=O) groups is 1. The quantitative estimate of drug-likeness (QED) is 0.492. The smallest absolute Gasteiger partial charge is 0.253 e. The van der Waals surface area contributed by atoms with Gasteiger partial charge in [-0.3, -0.25) is 4.79 Å². The van der Waals surface area contributed by atoms with Crippen LogP contribution in [0.1, 0.15) is 16.8 Å². The molecule has 106 valence electrons. The molecule has 1 amide bonds. The lowest BCUT2D eigenvalue weighted by molar-refractivity contribution is 0.0957. The van der Waals surface area contributed by atoms with Gasteiger partial charge in [0.2, 0.25) is 0 Å². The second kappa shape index (κ2) is 8.66. The summed E-state index contributed by atoms with van der Waals surface area (Å²) in [6.07, 6.45) is 0.779. The molecule has 0 spiro atoms. The van der Waals surface area contributed by atoms with Gasteiger partial charge in [-0.05, 0) is 24.3 Å². The molecule has 4 N–H and O–H groups in total. The lowest BCUT2D eigenvalue weighted by Crippen LogP contribution is -2.26. The number of benzene rings is 1. The van der Waals surface area contributed by atoms with Crippen molar-refractivity contribution in [3.63, 3.8) is 0 Å². The van der Waals surface area contributed by atoms with Crippen LogP contribution in [0.4, 0.5) is 5.69 Å². The van der Waals surface area contributed by atoms with Crippen molar-refractivity contribution in [2.45, 2.75) is 6.42 Å². The van der Waals surface area contributed by atoms with Crippen molar-refractivity contribution in [2.24, 2.45) is 0 Å². The maximum absolute atomic E-state index is 11.9. The van der Waals surface area contributed by atoms with E-state index in [0.717, 1.165) is 17.9 Å². The standard InChI is InChI=1S/C13H20N2O3S/c1-18-11-5-2-4-10(12(11)14)13(17)15-6-9-19-8-3-7-16/h2,4-5,16H,3,6-9,14H2,1H3,(H,15,17). The summed E-state index contributed by atoms with van der Waals surface area (Å²) in [5.74, 6) is 2.02. The van der Waals surface area contributed by atoms with Gasteiger partial charge in [-0.15, -0.1) is 0 Å². The number of ether oxygens (including phenoxy) is 1. The van der Waals surface area contributed by atoms with Gasteiger partial charge in [-0.1, -0.05) is 6.07 Å². The zero-order chi connectivity index (χ0) is 14.1. The molecule has 0 aromatic heterocycles. The minimum atomic E-state index is -0.195. The Morgan fingerprint density at radius 2 is 2.26 bits per heavy atom. The first-order valence-electron chi connectivity index (χ1n) is 6.10. The van der Waals surface area contributed by atoms with Crippen LogP contribution in [0, 0.1) is 0 Å². The van der Waals surface area contributed by atoms with Gasteiger partial charge < -0.3 is 20.9 Å². The third-order valence-corrected chi connectivity index (χ3v) is 3.58. The molecule has 0 aliphatic carbocycles. The number of hydrogen-bond donors (Lipinski definition) is 3. The Morgan fingerprint density at radius 1 is 1.47 bits per heavy atom. The first kappa shape index (κ1) is 15.7. The van der Waals surface area contributed by atoms with Gasteiger partial charge in [0, 0.05) is 18.9 Å². The highest BCUT2D eigenvalue weighted by Gasteiger charge is 2.12. The molecule has 6 heteroatoms. The van der Waals surface area contributed by atoms with Crippen LogP contribution >= 0.6 is 11.8 Å². The molecule has 5 nitrogen and oxygen atoms in total. The van der Waals surface area contributed by atoms with Gasteiger partial charge >= 0.3 is 0 Å². The Kier molecular flexibility index (Phi) is 7.14. The van der Waals surface area contributed by atoms with E-state index >= 15 is 0 Å². The fourth-order valence-corrected chi connectivity index (χ4v) is 2.30. The minimum Gasteiger partial charge on any atom is -0.495 e. The Labute approximate surface area is 117 Å². The van der Waals surface area contributed by atoms with Gasteiger partial charge in [0.1, 0.15) is 5.75 Å². The van der Waals surface area contributed by atoms with Crippen molar-refractivity contribution >= 4 is 23.4 Å². The third kappa shape index (κ3) is 5.00. The molecule has 1 aromatic rings. The van der Waals surface area contributed by atoms with Crippen LogP contribution in [0.25, 0.3) is 0 Å². The Morgan fingerprint density at radius 3 is 2.95 bits per heavy atom. The zero-order valence-corrected chi connectivity index (χ0v) is 11.8. The molecule has 0 unspecified atom stereocenters. The molecule has 0 fully saturated rings. The predicted octanol–water partition coefficient (Wildman–Crippen LogP) is 1.12. The molecular weight excluding hydrogens is 264 g/mol. The van der Waals surface area contributed by atoms with Crippen LogP contribution in [0.5, 0.6) is 5.75 Å². The van der Waals surface area contributed by atoms with E-state index < -0.39 is 0 Å². The first-order chi connectivity index (χ1) is 9.20. The van der Waals surface area contributed by atoms with Crippen molar-refractivity contribution in [1.82, 2.24) is 5.32 Å². The number of aliphatic hydroxyl groups is 1. The third-order valence-electron chi connectivity index (χ3n) is 2.51. The number of aliphatic hydroxyl groups excluding tert-OH is 1. The monoisotopic (exact) mass is 284 g/mol. The molecule has 0 atom stereocenters. The van der Waals surface area contributed by atoms with Gasteiger partial charge in [-0.25, -0.2) is 0 Å². The van der Waals surface area contributed by atoms with Crippen molar-refractivity contribution in [2.75, 3.05) is 37.5 Å². The summed E-state index contributed by atoms with van der Waals surface area (Å²) in [7, 11) is 1.52. The van der Waals surface area contributed by atoms with E-state index in [0.29, 0.717) is 23.5 Å². The number of carbonyl (C=O) groups excluding carboxylic acids is 1. The minimum absolute atomic E-state index is 0.195. The van der Waals surface area contributed by atoms with Gasteiger partial charge in [0.15, 0.2) is 0 Å². The largest absolute Gasteiger partial charge is 0.495 e. The molecule has 1 aromatic carbocycles. The van der Waals surface area contributed by atoms with Crippen LogP contribution in [0.15, 0.2) is 18.2 Å². The van der Waals surface area contributed by atoms with Crippen LogP contribution < -0.4 is 15.8 Å². The van der Waals surface area contributed by atoms with Crippen LogP contribution in [-0.2, 0) is 0 Å². The molecule has 1 rings (SSSR count). The van der Waals surface area contributed by atoms with Crippen LogP contribution in [-0.4, -0.2) is 42.8 Å². The number of thioether (sulfide) groups is 1. The summed E-state index contributed by atoms with van der Waals surface area (Å²) in [6.45, 7) is 0.783. The van der Waals surface area contributed by atoms with E-state index in [2.05, 4.69) is 5.32 Å². The summed E-state index contributed by atoms with van der Waals surface area (Å²) >= 11 is 1.70. The second-order valence-corrected chi connectivity index (χ2v) is 5.09. The lowest BCUT2D eigenvalue weighted by Gasteiger charge is -2.10. The van der Waals surface area contributed by atoms with Crippen LogP contribution in [0.2, 0.25) is 0 Å². The number of methoxy groups -OCH3 is 1. The SMILES string of the molecule is COc1cccc(C(=O)NCCSCCCO)c1N. The maximum Gasteiger partial charge on any atom is 0.253 e. The van der Waals surface area contributed by atoms with E-state index in [9.17, 15) is 4.79 Å². The van der Waals surface area contributed by atoms with E-state index in [4.69, 9.17) is 15.6 Å². The van der Waals surface area contributed by atoms with Crippen molar-refractivity contribution < 1.29 is 14.6 Å². The second-order valence-electron chi connectivity index (χ2n) is 3.87. The Bertz CT molecular complexity index is 413. The molecule has 0 saturated heterocycles. The highest BCUT2D eigenvalue weighted by atomic mass is 32.2. The lowest BCUT2D eigenvalue weighted by atomic mass is 10.1. The first-order valence-corrected chi connectivity index (χ1v) is 7.25. The van der Waals surface area contributed by atoms with Crippen LogP contribution in [0.3, 0.4) is 0 Å². The molecule has 0 bridgehead atoms. The summed E-state index contributed by atoms with van der Waals surface area (Å²) in [5, 5.41) is 11.4. The van der Waals surface area contributed by atoms with E-state index in [1.807, 2.05) is 0 Å². The van der Waals surface area contributed by atoms with Gasteiger partial charge in [-0.2, -0.15) is 11.8 Å². The fraction of sp³-hybridized carbons (Fsp3) is 0.462. The number of nitrogens with one attached hydrogen (secondary N) is 1. The molecule has 0 saturated carbocycles. The highest BCUT2D eigenvalue weighted by Crippen LogP contribution is 2.24. The number of nitrogens with two attached hydrogens (primary N) is 1. The molecular formula is C13H20N2O3S. The Balaban J connectivity index is 2.41. The topological polar surface area (TPSA) is 84.6 Å². The van der Waals surface area contributed by atoms with Gasteiger partial charge in [0.25, 0.3) is 5.91 Å². The summed E-state index contributed by atoms with van der Waals surface area (Å²) in [4.78, 5) is 11.9. The summed E-state index contributed by atoms with van der Waals surface area (Å²) < 4.78 is 5.07.